The van der Waals surface area contributed by atoms with E-state index >= 15 is 0 Å². The molecule has 0 aromatic heterocycles. The van der Waals surface area contributed by atoms with Gasteiger partial charge in [-0.05, 0) is 68.9 Å². The van der Waals surface area contributed by atoms with Gasteiger partial charge in [0.25, 0.3) is 0 Å². The molecule has 0 saturated carbocycles. The van der Waals surface area contributed by atoms with Crippen LogP contribution in [0.25, 0.3) is 0 Å². The Labute approximate surface area is 173 Å². The molecular formula is C24H31N3O2. The molecule has 2 N–H and O–H groups in total. The molecule has 3 rings (SSSR count). The van der Waals surface area contributed by atoms with E-state index in [1.807, 2.05) is 70.2 Å². The predicted molar refractivity (Wildman–Crippen MR) is 117 cm³/mol. The van der Waals surface area contributed by atoms with E-state index < -0.39 is 5.41 Å². The molecule has 1 heterocycles. The molecule has 1 atom stereocenters. The lowest BCUT2D eigenvalue weighted by Gasteiger charge is -2.39. The van der Waals surface area contributed by atoms with Crippen LogP contribution in [-0.4, -0.2) is 29.9 Å². The van der Waals surface area contributed by atoms with E-state index in [0.29, 0.717) is 19.6 Å². The zero-order valence-corrected chi connectivity index (χ0v) is 17.8. The molecule has 0 bridgehead atoms. The van der Waals surface area contributed by atoms with Gasteiger partial charge in [-0.2, -0.15) is 0 Å². The Hall–Kier alpha value is -2.82. The number of nitrogens with one attached hydrogen (secondary N) is 2. The zero-order chi connectivity index (χ0) is 21.0. The van der Waals surface area contributed by atoms with E-state index in [1.165, 1.54) is 0 Å². The van der Waals surface area contributed by atoms with Gasteiger partial charge in [0.2, 0.25) is 5.91 Å². The van der Waals surface area contributed by atoms with Gasteiger partial charge in [-0.25, -0.2) is 4.79 Å². The Bertz CT molecular complexity index is 909. The molecule has 0 aliphatic carbocycles. The maximum absolute atomic E-state index is 13.0. The number of likely N-dealkylation sites (tertiary alicyclic amines) is 1. The predicted octanol–water partition coefficient (Wildman–Crippen LogP) is 4.56. The van der Waals surface area contributed by atoms with Crippen LogP contribution < -0.4 is 10.6 Å². The number of carbonyl (C=O) groups is 2. The lowest BCUT2D eigenvalue weighted by Crippen LogP contribution is -2.52. The van der Waals surface area contributed by atoms with Crippen molar-refractivity contribution in [3.05, 3.63) is 64.7 Å². The van der Waals surface area contributed by atoms with E-state index in [2.05, 4.69) is 10.6 Å². The van der Waals surface area contributed by atoms with Crippen LogP contribution in [0.2, 0.25) is 0 Å². The van der Waals surface area contributed by atoms with Crippen LogP contribution in [0.3, 0.4) is 0 Å². The van der Waals surface area contributed by atoms with Crippen LogP contribution in [-0.2, 0) is 11.3 Å². The number of urea groups is 1. The van der Waals surface area contributed by atoms with Crippen LogP contribution in [0.4, 0.5) is 10.5 Å². The van der Waals surface area contributed by atoms with Gasteiger partial charge in [0, 0.05) is 25.3 Å². The van der Waals surface area contributed by atoms with Crippen LogP contribution in [0.15, 0.2) is 42.5 Å². The molecule has 1 aliphatic heterocycles. The lowest BCUT2D eigenvalue weighted by molar-refractivity contribution is -0.132. The minimum absolute atomic E-state index is 0.00462. The highest BCUT2D eigenvalue weighted by Gasteiger charge is 2.39. The molecule has 0 spiro atoms. The van der Waals surface area contributed by atoms with Crippen LogP contribution >= 0.6 is 0 Å². The van der Waals surface area contributed by atoms with Crippen molar-refractivity contribution in [2.75, 3.05) is 18.4 Å². The number of amides is 3. The second-order valence-electron chi connectivity index (χ2n) is 8.37. The first-order valence-electron chi connectivity index (χ1n) is 10.2. The highest BCUT2D eigenvalue weighted by atomic mass is 16.2. The van der Waals surface area contributed by atoms with Gasteiger partial charge in [-0.3, -0.25) is 4.79 Å². The van der Waals surface area contributed by atoms with Crippen molar-refractivity contribution < 1.29 is 9.59 Å². The number of aryl methyl sites for hydroxylation is 2. The van der Waals surface area contributed by atoms with E-state index in [4.69, 9.17) is 0 Å². The highest BCUT2D eigenvalue weighted by molar-refractivity contribution is 5.91. The zero-order valence-electron chi connectivity index (χ0n) is 17.8. The number of hydrogen-bond donors (Lipinski definition) is 2. The molecule has 3 amide bonds. The number of hydrogen-bond acceptors (Lipinski definition) is 2. The average molecular weight is 394 g/mol. The summed E-state index contributed by atoms with van der Waals surface area (Å²) in [5.41, 5.74) is 4.73. The fourth-order valence-electron chi connectivity index (χ4n) is 3.88. The second-order valence-corrected chi connectivity index (χ2v) is 8.37. The lowest BCUT2D eigenvalue weighted by atomic mass is 9.81. The topological polar surface area (TPSA) is 61.4 Å². The summed E-state index contributed by atoms with van der Waals surface area (Å²) >= 11 is 0. The third-order valence-corrected chi connectivity index (χ3v) is 6.08. The first-order valence-corrected chi connectivity index (χ1v) is 10.2. The molecule has 1 fully saturated rings. The van der Waals surface area contributed by atoms with Crippen molar-refractivity contribution in [1.29, 1.82) is 0 Å². The number of rotatable bonds is 4. The SMILES string of the molecule is Cc1ccccc1CNC(=O)[C@@]1(C)CCCN(C(=O)Nc2cccc(C)c2C)C1. The van der Waals surface area contributed by atoms with Gasteiger partial charge in [0.15, 0.2) is 0 Å². The van der Waals surface area contributed by atoms with Crippen LogP contribution in [0.1, 0.15) is 42.0 Å². The number of nitrogens with zero attached hydrogens (tertiary/aromatic N) is 1. The number of anilines is 1. The molecule has 0 radical (unpaired) electrons. The summed E-state index contributed by atoms with van der Waals surface area (Å²) in [6, 6.07) is 13.8. The molecule has 1 saturated heterocycles. The maximum atomic E-state index is 13.0. The van der Waals surface area contributed by atoms with Crippen LogP contribution in [0.5, 0.6) is 0 Å². The van der Waals surface area contributed by atoms with Crippen molar-refractivity contribution in [2.24, 2.45) is 5.41 Å². The summed E-state index contributed by atoms with van der Waals surface area (Å²) in [6.45, 7) is 9.63. The van der Waals surface area contributed by atoms with Gasteiger partial charge >= 0.3 is 6.03 Å². The normalized spacial score (nSPS) is 19.0. The number of piperidine rings is 1. The van der Waals surface area contributed by atoms with Crippen molar-refractivity contribution in [1.82, 2.24) is 10.2 Å². The van der Waals surface area contributed by atoms with E-state index in [9.17, 15) is 9.59 Å². The number of benzene rings is 2. The van der Waals surface area contributed by atoms with Crippen molar-refractivity contribution in [2.45, 2.75) is 47.1 Å². The van der Waals surface area contributed by atoms with Gasteiger partial charge < -0.3 is 15.5 Å². The monoisotopic (exact) mass is 393 g/mol. The van der Waals surface area contributed by atoms with Crippen LogP contribution in [0, 0.1) is 26.2 Å². The molecule has 0 unspecified atom stereocenters. The largest absolute Gasteiger partial charge is 0.351 e. The Kier molecular flexibility index (Phi) is 6.26. The fourth-order valence-corrected chi connectivity index (χ4v) is 3.88. The molecule has 5 heteroatoms. The minimum Gasteiger partial charge on any atom is -0.351 e. The Balaban J connectivity index is 1.63. The van der Waals surface area contributed by atoms with E-state index in [1.54, 1.807) is 4.90 Å². The molecule has 2 aromatic carbocycles. The fraction of sp³-hybridized carbons (Fsp3) is 0.417. The van der Waals surface area contributed by atoms with Gasteiger partial charge in [0.05, 0.1) is 5.41 Å². The second kappa shape index (κ2) is 8.68. The molecule has 29 heavy (non-hydrogen) atoms. The summed E-state index contributed by atoms with van der Waals surface area (Å²) < 4.78 is 0. The summed E-state index contributed by atoms with van der Waals surface area (Å²) in [6.07, 6.45) is 1.59. The van der Waals surface area contributed by atoms with Crippen molar-refractivity contribution in [3.8, 4) is 0 Å². The van der Waals surface area contributed by atoms with Gasteiger partial charge in [0.1, 0.15) is 0 Å². The van der Waals surface area contributed by atoms with Gasteiger partial charge in [-0.1, -0.05) is 36.4 Å². The van der Waals surface area contributed by atoms with E-state index in [0.717, 1.165) is 40.8 Å². The molecular weight excluding hydrogens is 362 g/mol. The molecule has 2 aromatic rings. The molecule has 1 aliphatic rings. The summed E-state index contributed by atoms with van der Waals surface area (Å²) in [5.74, 6) is 0.00462. The maximum Gasteiger partial charge on any atom is 0.321 e. The average Bonchev–Trinajstić information content (AvgIpc) is 2.70. The Morgan fingerprint density at radius 1 is 1.03 bits per heavy atom. The smallest absolute Gasteiger partial charge is 0.321 e. The quantitative estimate of drug-likeness (QED) is 0.800. The van der Waals surface area contributed by atoms with Gasteiger partial charge in [-0.15, -0.1) is 0 Å². The summed E-state index contributed by atoms with van der Waals surface area (Å²) in [5, 5.41) is 6.10. The summed E-state index contributed by atoms with van der Waals surface area (Å²) in [4.78, 5) is 27.6. The third kappa shape index (κ3) is 4.78. The Morgan fingerprint density at radius 3 is 2.52 bits per heavy atom. The van der Waals surface area contributed by atoms with Crippen molar-refractivity contribution in [3.63, 3.8) is 0 Å². The van der Waals surface area contributed by atoms with E-state index in [-0.39, 0.29) is 11.9 Å². The standard InChI is InChI=1S/C24H31N3O2/c1-17-10-7-12-21(19(17)3)26-23(29)27-14-8-13-24(4,16-27)22(28)25-15-20-11-6-5-9-18(20)2/h5-7,9-12H,8,13-16H2,1-4H3,(H,25,28)(H,26,29)/t24-/m0/s1. The third-order valence-electron chi connectivity index (χ3n) is 6.08. The first-order chi connectivity index (χ1) is 13.8. The number of carbonyl (C=O) groups excluding carboxylic acids is 2. The highest BCUT2D eigenvalue weighted by Crippen LogP contribution is 2.30. The first kappa shape index (κ1) is 20.9. The molecule has 5 nitrogen and oxygen atoms in total. The summed E-state index contributed by atoms with van der Waals surface area (Å²) in [7, 11) is 0. The van der Waals surface area contributed by atoms with Crippen molar-refractivity contribution >= 4 is 17.6 Å². The Morgan fingerprint density at radius 2 is 1.76 bits per heavy atom. The minimum atomic E-state index is -0.583. The molecule has 154 valence electrons.